The zero-order valence-electron chi connectivity index (χ0n) is 19.9. The number of nitrogens with one attached hydrogen (secondary N) is 2. The molecule has 3 aromatic rings. The molecule has 0 saturated heterocycles. The van der Waals surface area contributed by atoms with Gasteiger partial charge in [-0.1, -0.05) is 6.07 Å². The zero-order chi connectivity index (χ0) is 25.8. The second-order valence-electron chi connectivity index (χ2n) is 7.33. The molecule has 0 atom stereocenters. The van der Waals surface area contributed by atoms with Gasteiger partial charge < -0.3 is 34.7 Å². The third kappa shape index (κ3) is 8.34. The first-order chi connectivity index (χ1) is 17.5. The standard InChI is InChI=1S/C24H28FN5O6/c1-30(24(31)32)19-5-3-4-18(14-19)27-22-21(25)15-26-23(29-22)28-17-6-8-20(9-7-17)36-13-12-35-16-34-11-10-33-2/h3-9,14-15H,10-13,16H2,1-2H3,(H,31,32)(H2,26,27,28,29). The van der Waals surface area contributed by atoms with E-state index < -0.39 is 11.9 Å². The lowest BCUT2D eigenvalue weighted by Crippen LogP contribution is -2.23. The normalized spacial score (nSPS) is 10.6. The Morgan fingerprint density at radius 3 is 2.50 bits per heavy atom. The Labute approximate surface area is 207 Å². The number of carbonyl (C=O) groups is 1. The van der Waals surface area contributed by atoms with E-state index in [4.69, 9.17) is 24.1 Å². The average Bonchev–Trinajstić information content (AvgIpc) is 2.88. The number of nitrogens with zero attached hydrogens (tertiary/aromatic N) is 3. The Bertz CT molecular complexity index is 1120. The fraction of sp³-hybridized carbons (Fsp3) is 0.292. The summed E-state index contributed by atoms with van der Waals surface area (Å²) in [5.41, 5.74) is 1.56. The molecule has 0 radical (unpaired) electrons. The Balaban J connectivity index is 1.53. The molecule has 0 spiro atoms. The van der Waals surface area contributed by atoms with Gasteiger partial charge in [0.25, 0.3) is 0 Å². The summed E-state index contributed by atoms with van der Waals surface area (Å²) in [6.45, 7) is 1.90. The van der Waals surface area contributed by atoms with E-state index in [1.165, 1.54) is 7.05 Å². The van der Waals surface area contributed by atoms with Crippen molar-refractivity contribution in [3.05, 3.63) is 60.5 Å². The van der Waals surface area contributed by atoms with Gasteiger partial charge in [0.2, 0.25) is 5.95 Å². The van der Waals surface area contributed by atoms with Crippen molar-refractivity contribution >= 4 is 34.9 Å². The summed E-state index contributed by atoms with van der Waals surface area (Å²) in [6, 6.07) is 13.6. The highest BCUT2D eigenvalue weighted by atomic mass is 19.1. The van der Waals surface area contributed by atoms with Gasteiger partial charge in [0.05, 0.1) is 26.0 Å². The van der Waals surface area contributed by atoms with Crippen LogP contribution < -0.4 is 20.3 Å². The maximum Gasteiger partial charge on any atom is 0.411 e. The minimum Gasteiger partial charge on any atom is -0.491 e. The van der Waals surface area contributed by atoms with Gasteiger partial charge in [-0.15, -0.1) is 0 Å². The molecule has 11 nitrogen and oxygen atoms in total. The number of anilines is 5. The van der Waals surface area contributed by atoms with Crippen LogP contribution in [0.5, 0.6) is 5.75 Å². The number of methoxy groups -OCH3 is 1. The van der Waals surface area contributed by atoms with E-state index >= 15 is 0 Å². The molecule has 0 aliphatic rings. The van der Waals surface area contributed by atoms with Crippen molar-refractivity contribution in [2.75, 3.05) is 62.9 Å². The molecule has 0 fully saturated rings. The van der Waals surface area contributed by atoms with E-state index in [0.717, 1.165) is 11.1 Å². The number of halogens is 1. The summed E-state index contributed by atoms with van der Waals surface area (Å²) in [6.07, 6.45) is -0.0682. The molecule has 2 aromatic carbocycles. The SMILES string of the molecule is COCCOCOCCOc1ccc(Nc2ncc(F)c(Nc3cccc(N(C)C(=O)O)c3)n2)cc1. The smallest absolute Gasteiger partial charge is 0.411 e. The third-order valence-electron chi connectivity index (χ3n) is 4.73. The maximum absolute atomic E-state index is 14.3. The highest BCUT2D eigenvalue weighted by Crippen LogP contribution is 2.24. The Morgan fingerprint density at radius 1 is 1.03 bits per heavy atom. The highest BCUT2D eigenvalue weighted by Gasteiger charge is 2.11. The fourth-order valence-electron chi connectivity index (χ4n) is 2.86. The number of hydrogen-bond acceptors (Lipinski definition) is 9. The average molecular weight is 502 g/mol. The third-order valence-corrected chi connectivity index (χ3v) is 4.73. The van der Waals surface area contributed by atoms with Crippen molar-refractivity contribution in [2.24, 2.45) is 0 Å². The molecular formula is C24H28FN5O6. The van der Waals surface area contributed by atoms with E-state index in [1.54, 1.807) is 55.6 Å². The lowest BCUT2D eigenvalue weighted by Gasteiger charge is -2.15. The topological polar surface area (TPSA) is 127 Å². The number of ether oxygens (including phenoxy) is 4. The van der Waals surface area contributed by atoms with Gasteiger partial charge in [0.1, 0.15) is 19.1 Å². The van der Waals surface area contributed by atoms with Crippen molar-refractivity contribution in [3.63, 3.8) is 0 Å². The minimum atomic E-state index is -1.11. The molecule has 1 aromatic heterocycles. The molecule has 192 valence electrons. The van der Waals surface area contributed by atoms with Crippen LogP contribution in [-0.4, -0.2) is 68.5 Å². The van der Waals surface area contributed by atoms with Crippen molar-refractivity contribution in [1.82, 2.24) is 9.97 Å². The molecule has 36 heavy (non-hydrogen) atoms. The quantitative estimate of drug-likeness (QED) is 0.218. The zero-order valence-corrected chi connectivity index (χ0v) is 19.9. The molecule has 0 aliphatic carbocycles. The summed E-state index contributed by atoms with van der Waals surface area (Å²) in [5, 5.41) is 15.0. The fourth-order valence-corrected chi connectivity index (χ4v) is 2.86. The molecular weight excluding hydrogens is 473 g/mol. The molecule has 12 heteroatoms. The van der Waals surface area contributed by atoms with E-state index in [2.05, 4.69) is 20.6 Å². The van der Waals surface area contributed by atoms with Crippen LogP contribution in [0.15, 0.2) is 54.7 Å². The Hall–Kier alpha value is -4.00. The summed E-state index contributed by atoms with van der Waals surface area (Å²) in [7, 11) is 3.02. The molecule has 3 N–H and O–H groups in total. The second kappa shape index (κ2) is 13.8. The van der Waals surface area contributed by atoms with Gasteiger partial charge in [-0.05, 0) is 42.5 Å². The van der Waals surface area contributed by atoms with Gasteiger partial charge in [-0.25, -0.2) is 14.2 Å². The maximum atomic E-state index is 14.3. The van der Waals surface area contributed by atoms with Crippen molar-refractivity contribution in [2.45, 2.75) is 0 Å². The molecule has 1 amide bonds. The monoisotopic (exact) mass is 501 g/mol. The first-order valence-electron chi connectivity index (χ1n) is 11.0. The van der Waals surface area contributed by atoms with Crippen LogP contribution in [0.4, 0.5) is 38.0 Å². The van der Waals surface area contributed by atoms with Crippen LogP contribution in [0.2, 0.25) is 0 Å². The largest absolute Gasteiger partial charge is 0.491 e. The van der Waals surface area contributed by atoms with Crippen molar-refractivity contribution in [1.29, 1.82) is 0 Å². The van der Waals surface area contributed by atoms with Crippen LogP contribution in [0.3, 0.4) is 0 Å². The molecule has 0 aliphatic heterocycles. The lowest BCUT2D eigenvalue weighted by atomic mass is 10.2. The van der Waals surface area contributed by atoms with Crippen LogP contribution >= 0.6 is 0 Å². The van der Waals surface area contributed by atoms with Crippen LogP contribution in [0.1, 0.15) is 0 Å². The predicted molar refractivity (Wildman–Crippen MR) is 132 cm³/mol. The number of amides is 1. The summed E-state index contributed by atoms with van der Waals surface area (Å²) in [5.74, 6) is 0.104. The molecule has 3 rings (SSSR count). The van der Waals surface area contributed by atoms with Gasteiger partial charge in [-0.2, -0.15) is 4.98 Å². The first kappa shape index (κ1) is 26.6. The molecule has 0 unspecified atom stereocenters. The lowest BCUT2D eigenvalue weighted by molar-refractivity contribution is -0.0710. The number of carboxylic acid groups (broad SMARTS) is 1. The Kier molecular flexibility index (Phi) is 10.2. The number of hydrogen-bond donors (Lipinski definition) is 3. The van der Waals surface area contributed by atoms with E-state index in [0.29, 0.717) is 49.2 Å². The summed E-state index contributed by atoms with van der Waals surface area (Å²) >= 11 is 0. The minimum absolute atomic E-state index is 0.0613. The first-order valence-corrected chi connectivity index (χ1v) is 11.0. The van der Waals surface area contributed by atoms with Crippen LogP contribution in [-0.2, 0) is 14.2 Å². The van der Waals surface area contributed by atoms with Gasteiger partial charge in [0.15, 0.2) is 11.6 Å². The van der Waals surface area contributed by atoms with Gasteiger partial charge in [-0.3, -0.25) is 4.90 Å². The second-order valence-corrected chi connectivity index (χ2v) is 7.33. The summed E-state index contributed by atoms with van der Waals surface area (Å²) in [4.78, 5) is 20.4. The number of rotatable bonds is 14. The number of aromatic nitrogens is 2. The highest BCUT2D eigenvalue weighted by molar-refractivity contribution is 5.86. The molecule has 0 saturated carbocycles. The Morgan fingerprint density at radius 2 is 1.78 bits per heavy atom. The van der Waals surface area contributed by atoms with Gasteiger partial charge in [0, 0.05) is 31.2 Å². The molecule has 1 heterocycles. The van der Waals surface area contributed by atoms with E-state index in [9.17, 15) is 9.18 Å². The van der Waals surface area contributed by atoms with Crippen molar-refractivity contribution < 1.29 is 33.2 Å². The van der Waals surface area contributed by atoms with E-state index in [-0.39, 0.29) is 18.6 Å². The predicted octanol–water partition coefficient (Wildman–Crippen LogP) is 4.23. The summed E-state index contributed by atoms with van der Waals surface area (Å²) < 4.78 is 35.3. The van der Waals surface area contributed by atoms with Crippen LogP contribution in [0, 0.1) is 5.82 Å². The van der Waals surface area contributed by atoms with Gasteiger partial charge >= 0.3 is 6.09 Å². The van der Waals surface area contributed by atoms with Crippen LogP contribution in [0.25, 0.3) is 0 Å². The van der Waals surface area contributed by atoms with Crippen molar-refractivity contribution in [3.8, 4) is 5.75 Å². The number of benzene rings is 2. The molecule has 0 bridgehead atoms. The van der Waals surface area contributed by atoms with E-state index in [1.807, 2.05) is 0 Å².